The van der Waals surface area contributed by atoms with Crippen molar-refractivity contribution in [1.82, 2.24) is 4.31 Å². The predicted octanol–water partition coefficient (Wildman–Crippen LogP) is -0.0819. The Kier molecular flexibility index (Phi) is 7.44. The van der Waals surface area contributed by atoms with Gasteiger partial charge in [0.25, 0.3) is 0 Å². The summed E-state index contributed by atoms with van der Waals surface area (Å²) in [6, 6.07) is 6.72. The third-order valence-electron chi connectivity index (χ3n) is 2.78. The number of sulfonamides is 1. The summed E-state index contributed by atoms with van der Waals surface area (Å²) in [5, 5.41) is 8.94. The lowest BCUT2D eigenvalue weighted by molar-refractivity contribution is 0.168. The van der Waals surface area contributed by atoms with Crippen molar-refractivity contribution in [3.63, 3.8) is 0 Å². The second-order valence-corrected chi connectivity index (χ2v) is 6.44. The highest BCUT2D eigenvalue weighted by Gasteiger charge is 2.21. The maximum Gasteiger partial charge on any atom is 0.217 e. The molecule has 0 bridgehead atoms. The van der Waals surface area contributed by atoms with Crippen LogP contribution in [-0.4, -0.2) is 63.6 Å². The van der Waals surface area contributed by atoms with Crippen LogP contribution in [0.4, 0.5) is 5.69 Å². The van der Waals surface area contributed by atoms with Crippen LogP contribution in [0.1, 0.15) is 0 Å². The number of nitrogens with zero attached hydrogens (tertiary/aromatic N) is 1. The zero-order valence-corrected chi connectivity index (χ0v) is 12.9. The van der Waals surface area contributed by atoms with Crippen molar-refractivity contribution >= 4 is 15.7 Å². The van der Waals surface area contributed by atoms with E-state index in [9.17, 15) is 8.42 Å². The molecule has 120 valence electrons. The minimum Gasteiger partial charge on any atom is -0.492 e. The summed E-state index contributed by atoms with van der Waals surface area (Å²) in [6.45, 7) is 0.329. The molecule has 1 aromatic rings. The average molecular weight is 318 g/mol. The number of nitrogens with two attached hydrogens (primary N) is 1. The van der Waals surface area contributed by atoms with Crippen LogP contribution in [0, 0.1) is 0 Å². The molecule has 0 amide bonds. The van der Waals surface area contributed by atoms with Gasteiger partial charge in [0.05, 0.1) is 19.0 Å². The Hall–Kier alpha value is -1.35. The van der Waals surface area contributed by atoms with Gasteiger partial charge in [-0.05, 0) is 24.3 Å². The van der Waals surface area contributed by atoms with Crippen LogP contribution in [0.5, 0.6) is 5.75 Å². The van der Waals surface area contributed by atoms with Crippen LogP contribution in [0.15, 0.2) is 24.3 Å². The molecular weight excluding hydrogens is 296 g/mol. The van der Waals surface area contributed by atoms with Gasteiger partial charge in [-0.2, -0.15) is 4.31 Å². The fourth-order valence-corrected chi connectivity index (χ4v) is 2.92. The number of aliphatic hydroxyl groups is 1. The number of methoxy groups -OCH3 is 1. The largest absolute Gasteiger partial charge is 0.492 e. The first kappa shape index (κ1) is 17.7. The zero-order valence-electron chi connectivity index (χ0n) is 12.1. The van der Waals surface area contributed by atoms with Crippen LogP contribution in [-0.2, 0) is 14.8 Å². The van der Waals surface area contributed by atoms with Crippen molar-refractivity contribution in [2.45, 2.75) is 0 Å². The Labute approximate surface area is 125 Å². The fourth-order valence-electron chi connectivity index (χ4n) is 1.65. The summed E-state index contributed by atoms with van der Waals surface area (Å²) in [5.74, 6) is 0.395. The molecule has 0 heterocycles. The molecule has 3 N–H and O–H groups in total. The zero-order chi connectivity index (χ0) is 15.7. The molecule has 21 heavy (non-hydrogen) atoms. The average Bonchev–Trinajstić information content (AvgIpc) is 2.45. The summed E-state index contributed by atoms with van der Waals surface area (Å²) < 4.78 is 35.7. The molecule has 0 saturated heterocycles. The topological polar surface area (TPSA) is 102 Å². The molecular formula is C13H22N2O5S. The Morgan fingerprint density at radius 1 is 1.19 bits per heavy atom. The van der Waals surface area contributed by atoms with Gasteiger partial charge in [0.1, 0.15) is 12.4 Å². The number of benzene rings is 1. The van der Waals surface area contributed by atoms with Crippen LogP contribution < -0.4 is 10.5 Å². The van der Waals surface area contributed by atoms with E-state index in [0.29, 0.717) is 11.4 Å². The molecule has 1 rings (SSSR count). The molecule has 0 unspecified atom stereocenters. The van der Waals surface area contributed by atoms with E-state index in [2.05, 4.69) is 0 Å². The first-order valence-corrected chi connectivity index (χ1v) is 8.16. The lowest BCUT2D eigenvalue weighted by Gasteiger charge is -2.20. The normalized spacial score (nSPS) is 11.8. The van der Waals surface area contributed by atoms with E-state index >= 15 is 0 Å². The number of ether oxygens (including phenoxy) is 2. The molecule has 8 heteroatoms. The van der Waals surface area contributed by atoms with Crippen LogP contribution in [0.3, 0.4) is 0 Å². The maximum atomic E-state index is 12.1. The van der Waals surface area contributed by atoms with E-state index in [1.807, 2.05) is 0 Å². The summed E-state index contributed by atoms with van der Waals surface area (Å²) in [5.41, 5.74) is 6.17. The van der Waals surface area contributed by atoms with Crippen LogP contribution >= 0.6 is 0 Å². The summed E-state index contributed by atoms with van der Waals surface area (Å²) in [4.78, 5) is 0. The summed E-state index contributed by atoms with van der Waals surface area (Å²) in [6.07, 6.45) is 0. The third-order valence-corrected chi connectivity index (χ3v) is 4.61. The van der Waals surface area contributed by atoms with Gasteiger partial charge < -0.3 is 20.3 Å². The highest BCUT2D eigenvalue weighted by Crippen LogP contribution is 2.13. The van der Waals surface area contributed by atoms with Gasteiger partial charge in [0, 0.05) is 25.9 Å². The highest BCUT2D eigenvalue weighted by molar-refractivity contribution is 7.89. The smallest absolute Gasteiger partial charge is 0.217 e. The predicted molar refractivity (Wildman–Crippen MR) is 80.7 cm³/mol. The Bertz CT molecular complexity index is 504. The fraction of sp³-hybridized carbons (Fsp3) is 0.538. The third kappa shape index (κ3) is 6.30. The van der Waals surface area contributed by atoms with Crippen molar-refractivity contribution in [3.8, 4) is 5.75 Å². The maximum absolute atomic E-state index is 12.1. The number of nitrogen functional groups attached to an aromatic ring is 1. The van der Waals surface area contributed by atoms with Crippen LogP contribution in [0.2, 0.25) is 0 Å². The first-order valence-electron chi connectivity index (χ1n) is 6.55. The van der Waals surface area contributed by atoms with E-state index < -0.39 is 10.0 Å². The number of rotatable bonds is 10. The lowest BCUT2D eigenvalue weighted by atomic mass is 10.3. The molecule has 0 aliphatic heterocycles. The quantitative estimate of drug-likeness (QED) is 0.585. The summed E-state index contributed by atoms with van der Waals surface area (Å²) >= 11 is 0. The number of hydrogen-bond donors (Lipinski definition) is 2. The molecule has 7 nitrogen and oxygen atoms in total. The van der Waals surface area contributed by atoms with Gasteiger partial charge in [-0.15, -0.1) is 0 Å². The highest BCUT2D eigenvalue weighted by atomic mass is 32.2. The van der Waals surface area contributed by atoms with Gasteiger partial charge in [-0.3, -0.25) is 0 Å². The minimum absolute atomic E-state index is 0.0289. The van der Waals surface area contributed by atoms with Gasteiger partial charge in [-0.25, -0.2) is 8.42 Å². The van der Waals surface area contributed by atoms with Gasteiger partial charge in [-0.1, -0.05) is 0 Å². The van der Waals surface area contributed by atoms with Crippen LogP contribution in [0.25, 0.3) is 0 Å². The van der Waals surface area contributed by atoms with E-state index in [1.165, 1.54) is 11.4 Å². The molecule has 0 aliphatic rings. The number of aliphatic hydroxyl groups excluding tert-OH is 1. The first-order chi connectivity index (χ1) is 9.99. The SMILES string of the molecule is COCCN(CCO)S(=O)(=O)CCOc1ccc(N)cc1. The van der Waals surface area contributed by atoms with Crippen molar-refractivity contribution < 1.29 is 23.0 Å². The van der Waals surface area contributed by atoms with Gasteiger partial charge >= 0.3 is 0 Å². The second-order valence-electron chi connectivity index (χ2n) is 4.35. The van der Waals surface area contributed by atoms with Gasteiger partial charge in [0.2, 0.25) is 10.0 Å². The molecule has 0 atom stereocenters. The molecule has 0 aliphatic carbocycles. The molecule has 0 fully saturated rings. The number of hydrogen-bond acceptors (Lipinski definition) is 6. The standard InChI is InChI=1S/C13H22N2O5S/c1-19-9-7-15(6-8-16)21(17,18)11-10-20-13-4-2-12(14)3-5-13/h2-5,16H,6-11,14H2,1H3. The second kappa shape index (κ2) is 8.83. The number of anilines is 1. The van der Waals surface area contributed by atoms with Crippen molar-refractivity contribution in [1.29, 1.82) is 0 Å². The Balaban J connectivity index is 2.51. The molecule has 0 saturated carbocycles. The Morgan fingerprint density at radius 3 is 2.43 bits per heavy atom. The van der Waals surface area contributed by atoms with E-state index in [1.54, 1.807) is 24.3 Å². The van der Waals surface area contributed by atoms with Crippen molar-refractivity contribution in [2.24, 2.45) is 0 Å². The Morgan fingerprint density at radius 2 is 1.86 bits per heavy atom. The van der Waals surface area contributed by atoms with E-state index in [4.69, 9.17) is 20.3 Å². The van der Waals surface area contributed by atoms with E-state index in [-0.39, 0.29) is 38.7 Å². The minimum atomic E-state index is -3.49. The molecule has 0 spiro atoms. The van der Waals surface area contributed by atoms with Gasteiger partial charge in [0.15, 0.2) is 0 Å². The molecule has 0 radical (unpaired) electrons. The molecule has 1 aromatic carbocycles. The van der Waals surface area contributed by atoms with E-state index in [0.717, 1.165) is 0 Å². The monoisotopic (exact) mass is 318 g/mol. The van der Waals surface area contributed by atoms with Crippen molar-refractivity contribution in [2.75, 3.05) is 51.5 Å². The summed E-state index contributed by atoms with van der Waals surface area (Å²) in [7, 11) is -2.00. The molecule has 0 aromatic heterocycles. The van der Waals surface area contributed by atoms with Crippen molar-refractivity contribution in [3.05, 3.63) is 24.3 Å². The lowest BCUT2D eigenvalue weighted by Crippen LogP contribution is -2.38.